The van der Waals surface area contributed by atoms with Gasteiger partial charge in [-0.15, -0.1) is 0 Å². The summed E-state index contributed by atoms with van der Waals surface area (Å²) < 4.78 is 26.6. The fourth-order valence-corrected chi connectivity index (χ4v) is 4.95. The summed E-state index contributed by atoms with van der Waals surface area (Å²) in [6.07, 6.45) is 17.5. The average Bonchev–Trinajstić information content (AvgIpc) is 2.65. The van der Waals surface area contributed by atoms with Crippen LogP contribution < -0.4 is 0 Å². The normalized spacial score (nSPS) is 30.7. The molecular formula is C23H32F2. The number of hydrogen-bond donors (Lipinski definition) is 0. The van der Waals surface area contributed by atoms with Crippen LogP contribution >= 0.6 is 0 Å². The smallest absolute Gasteiger partial charge is 0.159 e. The van der Waals surface area contributed by atoms with Crippen LogP contribution in [0.5, 0.6) is 0 Å². The first-order valence-electron chi connectivity index (χ1n) is 10.3. The molecule has 1 aromatic carbocycles. The predicted molar refractivity (Wildman–Crippen MR) is 101 cm³/mol. The van der Waals surface area contributed by atoms with Crippen molar-refractivity contribution in [3.05, 3.63) is 47.5 Å². The Balaban J connectivity index is 1.46. The van der Waals surface area contributed by atoms with Gasteiger partial charge in [-0.3, -0.25) is 0 Å². The first-order chi connectivity index (χ1) is 12.2. The molecule has 2 aliphatic rings. The molecule has 25 heavy (non-hydrogen) atoms. The Bertz CT molecular complexity index is 561. The van der Waals surface area contributed by atoms with Crippen molar-refractivity contribution in [2.45, 2.75) is 77.0 Å². The minimum atomic E-state index is -0.734. The second-order valence-electron chi connectivity index (χ2n) is 8.18. The molecule has 138 valence electrons. The lowest BCUT2D eigenvalue weighted by Crippen LogP contribution is -2.25. The van der Waals surface area contributed by atoms with Gasteiger partial charge in [-0.05, 0) is 99.2 Å². The van der Waals surface area contributed by atoms with Crippen molar-refractivity contribution in [3.8, 4) is 0 Å². The number of rotatable bonds is 5. The molecule has 3 rings (SSSR count). The van der Waals surface area contributed by atoms with E-state index in [0.29, 0.717) is 5.92 Å². The van der Waals surface area contributed by atoms with Crippen molar-refractivity contribution in [1.82, 2.24) is 0 Å². The number of benzene rings is 1. The monoisotopic (exact) mass is 346 g/mol. The highest BCUT2D eigenvalue weighted by molar-refractivity contribution is 5.22. The third kappa shape index (κ3) is 4.92. The van der Waals surface area contributed by atoms with Crippen molar-refractivity contribution >= 4 is 0 Å². The van der Waals surface area contributed by atoms with Gasteiger partial charge in [-0.25, -0.2) is 8.78 Å². The van der Waals surface area contributed by atoms with Crippen LogP contribution in [0.4, 0.5) is 8.78 Å². The number of allylic oxidation sites excluding steroid dienone is 2. The van der Waals surface area contributed by atoms with Gasteiger partial charge in [0.2, 0.25) is 0 Å². The van der Waals surface area contributed by atoms with Gasteiger partial charge in [0.1, 0.15) is 0 Å². The largest absolute Gasteiger partial charge is 0.204 e. The molecule has 1 aromatic rings. The molecule has 0 saturated heterocycles. The fourth-order valence-electron chi connectivity index (χ4n) is 4.95. The Morgan fingerprint density at radius 2 is 1.52 bits per heavy atom. The maximum atomic E-state index is 13.5. The van der Waals surface area contributed by atoms with Crippen LogP contribution in [0.1, 0.15) is 82.6 Å². The molecule has 0 spiro atoms. The zero-order chi connectivity index (χ0) is 17.6. The molecule has 0 nitrogen and oxygen atoms in total. The highest BCUT2D eigenvalue weighted by Crippen LogP contribution is 2.44. The zero-order valence-corrected chi connectivity index (χ0v) is 15.5. The Labute approximate surface area is 151 Å². The summed E-state index contributed by atoms with van der Waals surface area (Å²) in [6, 6.07) is 4.47. The molecule has 2 aliphatic carbocycles. The van der Waals surface area contributed by atoms with Crippen LogP contribution in [0.25, 0.3) is 0 Å². The molecule has 0 atom stereocenters. The van der Waals surface area contributed by atoms with Gasteiger partial charge >= 0.3 is 0 Å². The molecule has 0 amide bonds. The summed E-state index contributed by atoms with van der Waals surface area (Å²) in [6.45, 7) is 2.23. The maximum absolute atomic E-state index is 13.5. The van der Waals surface area contributed by atoms with Crippen molar-refractivity contribution in [3.63, 3.8) is 0 Å². The van der Waals surface area contributed by atoms with E-state index in [-0.39, 0.29) is 0 Å². The van der Waals surface area contributed by atoms with E-state index in [0.717, 1.165) is 36.2 Å². The SMILES string of the molecule is CCCC=CC1CCC(C2CCC(c3ccc(F)c(F)c3)CC2)CC1. The lowest BCUT2D eigenvalue weighted by Gasteiger charge is -2.37. The Hall–Kier alpha value is -1.18. The molecule has 2 saturated carbocycles. The minimum Gasteiger partial charge on any atom is -0.204 e. The van der Waals surface area contributed by atoms with Crippen molar-refractivity contribution in [1.29, 1.82) is 0 Å². The van der Waals surface area contributed by atoms with Crippen LogP contribution in [0.3, 0.4) is 0 Å². The van der Waals surface area contributed by atoms with Crippen LogP contribution in [-0.4, -0.2) is 0 Å². The molecule has 0 radical (unpaired) electrons. The predicted octanol–water partition coefficient (Wildman–Crippen LogP) is 7.40. The first-order valence-corrected chi connectivity index (χ1v) is 10.3. The second-order valence-corrected chi connectivity index (χ2v) is 8.18. The van der Waals surface area contributed by atoms with E-state index in [1.165, 1.54) is 63.5 Å². The molecule has 0 unspecified atom stereocenters. The van der Waals surface area contributed by atoms with Gasteiger partial charge in [-0.2, -0.15) is 0 Å². The Morgan fingerprint density at radius 3 is 2.12 bits per heavy atom. The topological polar surface area (TPSA) is 0 Å². The molecule has 0 heterocycles. The fraction of sp³-hybridized carbons (Fsp3) is 0.652. The van der Waals surface area contributed by atoms with Crippen LogP contribution in [0.15, 0.2) is 30.4 Å². The summed E-state index contributed by atoms with van der Waals surface area (Å²) in [5.74, 6) is 1.53. The molecule has 0 N–H and O–H groups in total. The third-order valence-corrected chi connectivity index (χ3v) is 6.53. The lowest BCUT2D eigenvalue weighted by atomic mass is 9.68. The van der Waals surface area contributed by atoms with Crippen LogP contribution in [0, 0.1) is 29.4 Å². The van der Waals surface area contributed by atoms with E-state index >= 15 is 0 Å². The van der Waals surface area contributed by atoms with Gasteiger partial charge in [-0.1, -0.05) is 31.6 Å². The van der Waals surface area contributed by atoms with E-state index < -0.39 is 11.6 Å². The number of unbranched alkanes of at least 4 members (excludes halogenated alkanes) is 1. The standard InChI is InChI=1S/C23H32F2/c1-2-3-4-5-17-6-8-18(9-7-17)19-10-12-20(13-11-19)21-14-15-22(24)23(25)16-21/h4-5,14-20H,2-3,6-13H2,1H3. The first kappa shape index (κ1) is 18.6. The van der Waals surface area contributed by atoms with E-state index in [1.54, 1.807) is 6.07 Å². The summed E-state index contributed by atoms with van der Waals surface area (Å²) in [5.41, 5.74) is 0.988. The Kier molecular flexibility index (Phi) is 6.67. The summed E-state index contributed by atoms with van der Waals surface area (Å²) >= 11 is 0. The van der Waals surface area contributed by atoms with E-state index in [9.17, 15) is 8.78 Å². The van der Waals surface area contributed by atoms with Gasteiger partial charge in [0.15, 0.2) is 11.6 Å². The second kappa shape index (κ2) is 8.96. The van der Waals surface area contributed by atoms with Gasteiger partial charge in [0.05, 0.1) is 0 Å². The van der Waals surface area contributed by atoms with E-state index in [4.69, 9.17) is 0 Å². The van der Waals surface area contributed by atoms with Crippen molar-refractivity contribution < 1.29 is 8.78 Å². The van der Waals surface area contributed by atoms with Gasteiger partial charge in [0, 0.05) is 0 Å². The molecule has 0 aliphatic heterocycles. The molecule has 0 aromatic heterocycles. The highest BCUT2D eigenvalue weighted by atomic mass is 19.2. The van der Waals surface area contributed by atoms with Gasteiger partial charge < -0.3 is 0 Å². The number of hydrogen-bond acceptors (Lipinski definition) is 0. The van der Waals surface area contributed by atoms with Crippen molar-refractivity contribution in [2.24, 2.45) is 17.8 Å². The lowest BCUT2D eigenvalue weighted by molar-refractivity contribution is 0.171. The van der Waals surface area contributed by atoms with Gasteiger partial charge in [0.25, 0.3) is 0 Å². The molecule has 2 heteroatoms. The molecular weight excluding hydrogens is 314 g/mol. The minimum absolute atomic E-state index is 0.416. The van der Waals surface area contributed by atoms with E-state index in [1.807, 2.05) is 0 Å². The highest BCUT2D eigenvalue weighted by Gasteiger charge is 2.30. The van der Waals surface area contributed by atoms with E-state index in [2.05, 4.69) is 19.1 Å². The molecule has 2 fully saturated rings. The third-order valence-electron chi connectivity index (χ3n) is 6.53. The average molecular weight is 347 g/mol. The zero-order valence-electron chi connectivity index (χ0n) is 15.5. The van der Waals surface area contributed by atoms with Crippen molar-refractivity contribution in [2.75, 3.05) is 0 Å². The van der Waals surface area contributed by atoms with Crippen LogP contribution in [-0.2, 0) is 0 Å². The summed E-state index contributed by atoms with van der Waals surface area (Å²) in [7, 11) is 0. The number of halogens is 2. The quantitative estimate of drug-likeness (QED) is 0.487. The Morgan fingerprint density at radius 1 is 0.880 bits per heavy atom. The molecule has 0 bridgehead atoms. The van der Waals surface area contributed by atoms with Crippen LogP contribution in [0.2, 0.25) is 0 Å². The summed E-state index contributed by atoms with van der Waals surface area (Å²) in [5, 5.41) is 0. The maximum Gasteiger partial charge on any atom is 0.159 e. The summed E-state index contributed by atoms with van der Waals surface area (Å²) in [4.78, 5) is 0.